The number of pyridine rings is 1. The molecule has 15 heavy (non-hydrogen) atoms. The Labute approximate surface area is 121 Å². The lowest BCUT2D eigenvalue weighted by Gasteiger charge is -1.99. The zero-order valence-corrected chi connectivity index (χ0v) is 12.7. The highest BCUT2D eigenvalue weighted by Crippen LogP contribution is 2.07. The molecular formula is C12H13I2N. The van der Waals surface area contributed by atoms with E-state index in [1.165, 1.54) is 21.8 Å². The van der Waals surface area contributed by atoms with Crippen LogP contribution in [0.5, 0.6) is 0 Å². The first-order valence-electron chi connectivity index (χ1n) is 4.85. The molecule has 0 aliphatic carbocycles. The molecule has 0 saturated heterocycles. The van der Waals surface area contributed by atoms with Crippen LogP contribution in [0.1, 0.15) is 6.42 Å². The highest BCUT2D eigenvalue weighted by Gasteiger charge is 2.05. The Morgan fingerprint density at radius 1 is 1.07 bits per heavy atom. The molecule has 0 radical (unpaired) electrons. The number of hydrogen-bond donors (Lipinski definition) is 0. The van der Waals surface area contributed by atoms with Crippen LogP contribution in [0.15, 0.2) is 42.6 Å². The van der Waals surface area contributed by atoms with Crippen LogP contribution in [-0.2, 0) is 6.54 Å². The lowest BCUT2D eigenvalue weighted by atomic mass is 10.2. The molecule has 0 saturated carbocycles. The van der Waals surface area contributed by atoms with Gasteiger partial charge < -0.3 is 24.0 Å². The van der Waals surface area contributed by atoms with Gasteiger partial charge in [-0.3, -0.25) is 0 Å². The molecule has 0 N–H and O–H groups in total. The smallest absolute Gasteiger partial charge is 0.212 e. The van der Waals surface area contributed by atoms with Gasteiger partial charge >= 0.3 is 0 Å². The van der Waals surface area contributed by atoms with Crippen LogP contribution in [0, 0.1) is 0 Å². The molecule has 1 aromatic heterocycles. The van der Waals surface area contributed by atoms with Crippen LogP contribution in [0.25, 0.3) is 10.9 Å². The number of fused-ring (bicyclic) bond motifs is 1. The summed E-state index contributed by atoms with van der Waals surface area (Å²) < 4.78 is 3.54. The number of para-hydroxylation sites is 1. The number of hydrogen-bond acceptors (Lipinski definition) is 0. The highest BCUT2D eigenvalue weighted by molar-refractivity contribution is 14.1. The van der Waals surface area contributed by atoms with Crippen molar-refractivity contribution in [2.24, 2.45) is 0 Å². The van der Waals surface area contributed by atoms with Crippen LogP contribution < -0.4 is 28.5 Å². The molecule has 0 bridgehead atoms. The second-order valence-corrected chi connectivity index (χ2v) is 4.38. The summed E-state index contributed by atoms with van der Waals surface area (Å²) in [5, 5.41) is 1.32. The van der Waals surface area contributed by atoms with E-state index < -0.39 is 0 Å². The predicted molar refractivity (Wildman–Crippen MR) is 67.6 cm³/mol. The average molecular weight is 425 g/mol. The number of rotatable bonds is 3. The summed E-state index contributed by atoms with van der Waals surface area (Å²) in [7, 11) is 0. The fourth-order valence-electron chi connectivity index (χ4n) is 1.65. The Kier molecular flexibility index (Phi) is 5.81. The van der Waals surface area contributed by atoms with Gasteiger partial charge in [-0.25, -0.2) is 0 Å². The number of alkyl halides is 1. The highest BCUT2D eigenvalue weighted by atomic mass is 127. The van der Waals surface area contributed by atoms with Crippen LogP contribution in [0.4, 0.5) is 0 Å². The second-order valence-electron chi connectivity index (χ2n) is 3.30. The Balaban J connectivity index is 0.00000112. The Morgan fingerprint density at radius 3 is 2.60 bits per heavy atom. The van der Waals surface area contributed by atoms with Crippen molar-refractivity contribution in [2.75, 3.05) is 4.43 Å². The lowest BCUT2D eigenvalue weighted by Crippen LogP contribution is -3.00. The molecule has 1 aromatic carbocycles. The van der Waals surface area contributed by atoms with Gasteiger partial charge in [-0.1, -0.05) is 34.7 Å². The van der Waals surface area contributed by atoms with Crippen LogP contribution >= 0.6 is 22.6 Å². The Morgan fingerprint density at radius 2 is 1.80 bits per heavy atom. The fraction of sp³-hybridized carbons (Fsp3) is 0.250. The quantitative estimate of drug-likeness (QED) is 0.370. The number of aromatic nitrogens is 1. The minimum absolute atomic E-state index is 0. The number of aryl methyl sites for hydroxylation is 1. The first-order chi connectivity index (χ1) is 6.92. The van der Waals surface area contributed by atoms with Crippen molar-refractivity contribution in [1.29, 1.82) is 0 Å². The third kappa shape index (κ3) is 3.27. The summed E-state index contributed by atoms with van der Waals surface area (Å²) in [4.78, 5) is 0. The molecule has 3 heteroatoms. The largest absolute Gasteiger partial charge is 1.00 e. The molecule has 1 heterocycles. The molecule has 0 fully saturated rings. The molecule has 0 unspecified atom stereocenters. The summed E-state index contributed by atoms with van der Waals surface area (Å²) in [6, 6.07) is 12.8. The van der Waals surface area contributed by atoms with Gasteiger partial charge in [-0.2, -0.15) is 4.57 Å². The van der Waals surface area contributed by atoms with Crippen LogP contribution in [-0.4, -0.2) is 4.43 Å². The first kappa shape index (κ1) is 13.2. The monoisotopic (exact) mass is 425 g/mol. The van der Waals surface area contributed by atoms with Crippen molar-refractivity contribution < 1.29 is 28.5 Å². The van der Waals surface area contributed by atoms with E-state index in [1.807, 2.05) is 0 Å². The Bertz CT molecular complexity index is 423. The van der Waals surface area contributed by atoms with Crippen molar-refractivity contribution in [1.82, 2.24) is 0 Å². The third-order valence-electron chi connectivity index (χ3n) is 2.32. The molecule has 0 amide bonds. The lowest BCUT2D eigenvalue weighted by molar-refractivity contribution is -0.671. The SMILES string of the molecule is ICCC[n+]1cccc2ccccc21.[I-]. The zero-order valence-electron chi connectivity index (χ0n) is 8.37. The zero-order chi connectivity index (χ0) is 9.80. The summed E-state index contributed by atoms with van der Waals surface area (Å²) >= 11 is 2.42. The predicted octanol–water partition coefficient (Wildman–Crippen LogP) is -0.0436. The molecule has 2 rings (SSSR count). The average Bonchev–Trinajstić information content (AvgIpc) is 2.26. The number of benzene rings is 1. The van der Waals surface area contributed by atoms with Crippen LogP contribution in [0.3, 0.4) is 0 Å². The first-order valence-corrected chi connectivity index (χ1v) is 6.37. The van der Waals surface area contributed by atoms with Crippen molar-refractivity contribution in [3.8, 4) is 0 Å². The van der Waals surface area contributed by atoms with Crippen molar-refractivity contribution in [3.05, 3.63) is 42.6 Å². The topological polar surface area (TPSA) is 3.88 Å². The third-order valence-corrected chi connectivity index (χ3v) is 3.08. The summed E-state index contributed by atoms with van der Waals surface area (Å²) in [5.74, 6) is 0. The van der Waals surface area contributed by atoms with E-state index >= 15 is 0 Å². The normalized spacial score (nSPS) is 9.93. The van der Waals surface area contributed by atoms with E-state index in [1.54, 1.807) is 0 Å². The second kappa shape index (κ2) is 6.62. The molecule has 0 atom stereocenters. The molecule has 0 aliphatic rings. The fourth-order valence-corrected chi connectivity index (χ4v) is 1.99. The van der Waals surface area contributed by atoms with E-state index in [0.29, 0.717) is 0 Å². The van der Waals surface area contributed by atoms with E-state index in [0.717, 1.165) is 6.54 Å². The number of nitrogens with zero attached hydrogens (tertiary/aromatic N) is 1. The standard InChI is InChI=1S/C12H13IN.HI/c13-8-4-10-14-9-3-6-11-5-1-2-7-12(11)14;/h1-3,5-7,9H,4,8,10H2;1H/q+1;/p-1. The minimum Gasteiger partial charge on any atom is -1.00 e. The van der Waals surface area contributed by atoms with Gasteiger partial charge in [0.1, 0.15) is 6.54 Å². The summed E-state index contributed by atoms with van der Waals surface area (Å²) in [5.41, 5.74) is 1.33. The maximum absolute atomic E-state index is 2.42. The van der Waals surface area contributed by atoms with Gasteiger partial charge in [0.2, 0.25) is 5.52 Å². The van der Waals surface area contributed by atoms with Gasteiger partial charge in [-0.15, -0.1) is 0 Å². The van der Waals surface area contributed by atoms with Gasteiger partial charge in [-0.05, 0) is 12.1 Å². The van der Waals surface area contributed by atoms with Crippen molar-refractivity contribution >= 4 is 33.5 Å². The van der Waals surface area contributed by atoms with E-state index in [9.17, 15) is 0 Å². The molecule has 2 aromatic rings. The molecule has 0 spiro atoms. The maximum atomic E-state index is 2.42. The van der Waals surface area contributed by atoms with Gasteiger partial charge in [0.25, 0.3) is 0 Å². The van der Waals surface area contributed by atoms with E-state index in [4.69, 9.17) is 0 Å². The molecule has 80 valence electrons. The van der Waals surface area contributed by atoms with Crippen LogP contribution in [0.2, 0.25) is 0 Å². The maximum Gasteiger partial charge on any atom is 0.212 e. The molecular weight excluding hydrogens is 412 g/mol. The minimum atomic E-state index is 0. The summed E-state index contributed by atoms with van der Waals surface area (Å²) in [6.07, 6.45) is 3.40. The van der Waals surface area contributed by atoms with Crippen molar-refractivity contribution in [2.45, 2.75) is 13.0 Å². The molecule has 0 aliphatic heterocycles. The van der Waals surface area contributed by atoms with Crippen molar-refractivity contribution in [3.63, 3.8) is 0 Å². The number of halogens is 2. The Hall–Kier alpha value is 0.0900. The molecule has 1 nitrogen and oxygen atoms in total. The summed E-state index contributed by atoms with van der Waals surface area (Å²) in [6.45, 7) is 1.12. The van der Waals surface area contributed by atoms with Gasteiger partial charge in [0.15, 0.2) is 6.20 Å². The van der Waals surface area contributed by atoms with Gasteiger partial charge in [0, 0.05) is 28.4 Å². The van der Waals surface area contributed by atoms with Gasteiger partial charge in [0.05, 0.1) is 0 Å². The van der Waals surface area contributed by atoms with E-state index in [2.05, 4.69) is 69.8 Å². The van der Waals surface area contributed by atoms with E-state index in [-0.39, 0.29) is 24.0 Å².